The van der Waals surface area contributed by atoms with Gasteiger partial charge in [-0.25, -0.2) is 12.8 Å². The summed E-state index contributed by atoms with van der Waals surface area (Å²) in [7, 11) is -3.57. The van der Waals surface area contributed by atoms with Gasteiger partial charge in [0.1, 0.15) is 11.9 Å². The molecule has 0 bridgehead atoms. The molecule has 90 valence electrons. The summed E-state index contributed by atoms with van der Waals surface area (Å²) in [5.74, 6) is -0.720. The first-order valence-corrected chi connectivity index (χ1v) is 6.83. The minimum atomic E-state index is -3.57. The van der Waals surface area contributed by atoms with E-state index in [4.69, 9.17) is 11.6 Å². The van der Waals surface area contributed by atoms with Crippen LogP contribution in [-0.4, -0.2) is 24.0 Å². The number of benzene rings is 1. The molecule has 0 fully saturated rings. The predicted molar refractivity (Wildman–Crippen MR) is 60.5 cm³/mol. The number of sulfone groups is 1. The Balaban J connectivity index is 2.99. The molecule has 2 unspecified atom stereocenters. The van der Waals surface area contributed by atoms with Crippen molar-refractivity contribution in [1.29, 1.82) is 0 Å². The Kier molecular flexibility index (Phi) is 4.29. The van der Waals surface area contributed by atoms with E-state index in [0.717, 1.165) is 6.07 Å². The second-order valence-corrected chi connectivity index (χ2v) is 6.44. The Morgan fingerprint density at radius 2 is 2.12 bits per heavy atom. The summed E-state index contributed by atoms with van der Waals surface area (Å²) < 4.78 is 34.2. The lowest BCUT2D eigenvalue weighted by molar-refractivity contribution is 0.191. The summed E-state index contributed by atoms with van der Waals surface area (Å²) in [6, 6.07) is 5.07. The molecule has 0 aliphatic heterocycles. The van der Waals surface area contributed by atoms with Gasteiger partial charge in [-0.05, 0) is 17.7 Å². The Morgan fingerprint density at radius 1 is 1.50 bits per heavy atom. The molecule has 2 atom stereocenters. The van der Waals surface area contributed by atoms with Gasteiger partial charge in [-0.2, -0.15) is 0 Å². The monoisotopic (exact) mass is 266 g/mol. The molecule has 0 saturated carbocycles. The summed E-state index contributed by atoms with van der Waals surface area (Å²) >= 11 is 5.65. The van der Waals surface area contributed by atoms with Crippen molar-refractivity contribution in [2.45, 2.75) is 17.7 Å². The zero-order chi connectivity index (χ0) is 12.3. The molecule has 6 heteroatoms. The topological polar surface area (TPSA) is 54.4 Å². The van der Waals surface area contributed by atoms with Crippen molar-refractivity contribution >= 4 is 21.4 Å². The van der Waals surface area contributed by atoms with Crippen LogP contribution < -0.4 is 0 Å². The molecule has 0 saturated heterocycles. The molecule has 0 heterocycles. The lowest BCUT2D eigenvalue weighted by Crippen LogP contribution is -2.24. The second-order valence-electron chi connectivity index (χ2n) is 3.30. The highest BCUT2D eigenvalue weighted by atomic mass is 35.5. The van der Waals surface area contributed by atoms with E-state index in [1.807, 2.05) is 0 Å². The highest BCUT2D eigenvalue weighted by molar-refractivity contribution is 7.93. The van der Waals surface area contributed by atoms with E-state index >= 15 is 0 Å². The van der Waals surface area contributed by atoms with Gasteiger partial charge in [-0.3, -0.25) is 0 Å². The minimum absolute atomic E-state index is 0.150. The first-order valence-electron chi connectivity index (χ1n) is 4.67. The smallest absolute Gasteiger partial charge is 0.169 e. The van der Waals surface area contributed by atoms with E-state index in [-0.39, 0.29) is 11.3 Å². The normalized spacial score (nSPS) is 15.8. The van der Waals surface area contributed by atoms with E-state index in [0.29, 0.717) is 0 Å². The molecule has 3 nitrogen and oxygen atoms in total. The van der Waals surface area contributed by atoms with Gasteiger partial charge in [0.2, 0.25) is 0 Å². The van der Waals surface area contributed by atoms with Crippen LogP contribution in [0.15, 0.2) is 24.3 Å². The average molecular weight is 267 g/mol. The molecule has 0 spiro atoms. The van der Waals surface area contributed by atoms with E-state index in [9.17, 15) is 17.9 Å². The van der Waals surface area contributed by atoms with Crippen molar-refractivity contribution in [2.75, 3.05) is 5.75 Å². The van der Waals surface area contributed by atoms with E-state index in [2.05, 4.69) is 0 Å². The molecular weight excluding hydrogens is 255 g/mol. The summed E-state index contributed by atoms with van der Waals surface area (Å²) in [5, 5.41) is 9.70. The zero-order valence-electron chi connectivity index (χ0n) is 8.60. The SMILES string of the molecule is CCS(=O)(=O)C(Cl)C(O)c1cccc(F)c1. The number of hydrogen-bond donors (Lipinski definition) is 1. The molecule has 1 N–H and O–H groups in total. The van der Waals surface area contributed by atoms with Gasteiger partial charge in [0, 0.05) is 5.75 Å². The average Bonchev–Trinajstić information content (AvgIpc) is 2.27. The first-order chi connectivity index (χ1) is 7.38. The maximum Gasteiger partial charge on any atom is 0.169 e. The van der Waals surface area contributed by atoms with Crippen LogP contribution in [0, 0.1) is 5.82 Å². The molecule has 0 aliphatic carbocycles. The molecule has 1 aromatic rings. The van der Waals surface area contributed by atoms with Crippen molar-refractivity contribution in [1.82, 2.24) is 0 Å². The fourth-order valence-corrected chi connectivity index (χ4v) is 2.59. The highest BCUT2D eigenvalue weighted by Crippen LogP contribution is 2.26. The van der Waals surface area contributed by atoms with E-state index in [1.54, 1.807) is 0 Å². The fraction of sp³-hybridized carbons (Fsp3) is 0.400. The van der Waals surface area contributed by atoms with Crippen molar-refractivity contribution < 1.29 is 17.9 Å². The van der Waals surface area contributed by atoms with E-state index in [1.165, 1.54) is 25.1 Å². The van der Waals surface area contributed by atoms with Gasteiger partial charge < -0.3 is 5.11 Å². The molecule has 0 radical (unpaired) electrons. The third-order valence-corrected chi connectivity index (χ3v) is 4.99. The minimum Gasteiger partial charge on any atom is -0.386 e. The van der Waals surface area contributed by atoms with Crippen LogP contribution in [0.5, 0.6) is 0 Å². The van der Waals surface area contributed by atoms with Crippen LogP contribution in [0.2, 0.25) is 0 Å². The lowest BCUT2D eigenvalue weighted by atomic mass is 10.1. The number of alkyl halides is 1. The van der Waals surface area contributed by atoms with Crippen molar-refractivity contribution in [3.8, 4) is 0 Å². The van der Waals surface area contributed by atoms with Gasteiger partial charge in [-0.1, -0.05) is 19.1 Å². The summed E-state index contributed by atoms with van der Waals surface area (Å²) in [6.45, 7) is 1.43. The fourth-order valence-electron chi connectivity index (χ4n) is 1.20. The molecule has 0 amide bonds. The Morgan fingerprint density at radius 3 is 2.62 bits per heavy atom. The van der Waals surface area contributed by atoms with Gasteiger partial charge in [0.05, 0.1) is 0 Å². The molecular formula is C10H12ClFO3S. The van der Waals surface area contributed by atoms with Gasteiger partial charge in [-0.15, -0.1) is 11.6 Å². The van der Waals surface area contributed by atoms with Crippen LogP contribution in [-0.2, 0) is 9.84 Å². The van der Waals surface area contributed by atoms with Crippen LogP contribution >= 0.6 is 11.6 Å². The van der Waals surface area contributed by atoms with Crippen LogP contribution in [0.1, 0.15) is 18.6 Å². The highest BCUT2D eigenvalue weighted by Gasteiger charge is 2.30. The molecule has 0 aromatic heterocycles. The predicted octanol–water partition coefficient (Wildman–Crippen LogP) is 1.86. The number of hydrogen-bond acceptors (Lipinski definition) is 3. The Bertz CT molecular complexity index is 461. The molecule has 1 aromatic carbocycles. The third-order valence-electron chi connectivity index (χ3n) is 2.18. The second kappa shape index (κ2) is 5.12. The standard InChI is InChI=1S/C10H12ClFO3S/c1-2-16(14,15)10(11)9(13)7-4-3-5-8(12)6-7/h3-6,9-10,13H,2H2,1H3. The van der Waals surface area contributed by atoms with Gasteiger partial charge >= 0.3 is 0 Å². The maximum atomic E-state index is 12.9. The van der Waals surface area contributed by atoms with Gasteiger partial charge in [0.25, 0.3) is 0 Å². The number of aliphatic hydroxyl groups excluding tert-OH is 1. The lowest BCUT2D eigenvalue weighted by Gasteiger charge is -2.16. The summed E-state index contributed by atoms with van der Waals surface area (Å²) in [4.78, 5) is 0. The third kappa shape index (κ3) is 2.93. The number of rotatable bonds is 4. The number of halogens is 2. The molecule has 16 heavy (non-hydrogen) atoms. The van der Waals surface area contributed by atoms with Gasteiger partial charge in [0.15, 0.2) is 14.5 Å². The summed E-state index contributed by atoms with van der Waals surface area (Å²) in [6.07, 6.45) is -1.43. The van der Waals surface area contributed by atoms with Crippen molar-refractivity contribution in [2.24, 2.45) is 0 Å². The molecule has 1 rings (SSSR count). The van der Waals surface area contributed by atoms with Crippen LogP contribution in [0.3, 0.4) is 0 Å². The molecule has 0 aliphatic rings. The maximum absolute atomic E-state index is 12.9. The summed E-state index contributed by atoms with van der Waals surface area (Å²) in [5.41, 5.74) is 0.150. The van der Waals surface area contributed by atoms with Crippen molar-refractivity contribution in [3.63, 3.8) is 0 Å². The Labute approximate surface area is 98.8 Å². The van der Waals surface area contributed by atoms with Crippen LogP contribution in [0.4, 0.5) is 4.39 Å². The largest absolute Gasteiger partial charge is 0.386 e. The zero-order valence-corrected chi connectivity index (χ0v) is 10.2. The van der Waals surface area contributed by atoms with Crippen molar-refractivity contribution in [3.05, 3.63) is 35.6 Å². The Hall–Kier alpha value is -0.650. The first kappa shape index (κ1) is 13.4. The quantitative estimate of drug-likeness (QED) is 0.847. The van der Waals surface area contributed by atoms with E-state index < -0.39 is 26.5 Å². The number of aliphatic hydroxyl groups is 1. The van der Waals surface area contributed by atoms with Crippen LogP contribution in [0.25, 0.3) is 0 Å².